The van der Waals surface area contributed by atoms with E-state index in [1.165, 1.54) is 0 Å². The van der Waals surface area contributed by atoms with E-state index in [2.05, 4.69) is 6.92 Å². The van der Waals surface area contributed by atoms with Crippen molar-refractivity contribution in [1.29, 1.82) is 0 Å². The summed E-state index contributed by atoms with van der Waals surface area (Å²) in [5, 5.41) is 0. The Morgan fingerprint density at radius 2 is 2.15 bits per heavy atom. The zero-order valence-electron chi connectivity index (χ0n) is 12.1. The number of esters is 1. The van der Waals surface area contributed by atoms with E-state index >= 15 is 0 Å². The molecule has 20 heavy (non-hydrogen) atoms. The molecule has 3 unspecified atom stereocenters. The van der Waals surface area contributed by atoms with Crippen LogP contribution in [0, 0.1) is 0 Å². The second kappa shape index (κ2) is 7.41. The van der Waals surface area contributed by atoms with Gasteiger partial charge in [-0.25, -0.2) is 4.79 Å². The van der Waals surface area contributed by atoms with Crippen LogP contribution in [-0.4, -0.2) is 31.1 Å². The van der Waals surface area contributed by atoms with Crippen LogP contribution in [0.3, 0.4) is 0 Å². The predicted octanol–water partition coefficient (Wildman–Crippen LogP) is 3.16. The van der Waals surface area contributed by atoms with Crippen LogP contribution in [0.4, 0.5) is 0 Å². The summed E-state index contributed by atoms with van der Waals surface area (Å²) in [5.41, 5.74) is 0.566. The molecule has 0 N–H and O–H groups in total. The molecule has 4 heteroatoms. The SMILES string of the molecule is CCCC1OCCC(C(C)OC(=O)c2ccccc2)O1. The Balaban J connectivity index is 1.88. The fourth-order valence-electron chi connectivity index (χ4n) is 2.24. The lowest BCUT2D eigenvalue weighted by Gasteiger charge is -2.33. The Labute approximate surface area is 120 Å². The topological polar surface area (TPSA) is 44.8 Å². The maximum atomic E-state index is 12.0. The molecule has 1 saturated heterocycles. The first kappa shape index (κ1) is 15.0. The molecule has 0 saturated carbocycles. The van der Waals surface area contributed by atoms with E-state index in [0.717, 1.165) is 19.3 Å². The molecule has 1 aromatic carbocycles. The zero-order valence-corrected chi connectivity index (χ0v) is 12.1. The molecule has 0 amide bonds. The molecule has 1 heterocycles. The van der Waals surface area contributed by atoms with Crippen molar-refractivity contribution in [2.75, 3.05) is 6.61 Å². The van der Waals surface area contributed by atoms with Gasteiger partial charge in [0.1, 0.15) is 6.10 Å². The number of rotatable bonds is 5. The van der Waals surface area contributed by atoms with Gasteiger partial charge in [-0.15, -0.1) is 0 Å². The van der Waals surface area contributed by atoms with Gasteiger partial charge in [0.2, 0.25) is 0 Å². The third kappa shape index (κ3) is 4.05. The summed E-state index contributed by atoms with van der Waals surface area (Å²) in [6.45, 7) is 4.62. The number of hydrogen-bond acceptors (Lipinski definition) is 4. The molecule has 0 radical (unpaired) electrons. The van der Waals surface area contributed by atoms with Gasteiger partial charge < -0.3 is 14.2 Å². The molecule has 4 nitrogen and oxygen atoms in total. The maximum absolute atomic E-state index is 12.0. The van der Waals surface area contributed by atoms with Gasteiger partial charge in [-0.3, -0.25) is 0 Å². The van der Waals surface area contributed by atoms with E-state index in [1.54, 1.807) is 12.1 Å². The molecule has 1 aliphatic rings. The molecule has 3 atom stereocenters. The summed E-state index contributed by atoms with van der Waals surface area (Å²) in [6, 6.07) is 9.02. The van der Waals surface area contributed by atoms with Crippen LogP contribution in [0.2, 0.25) is 0 Å². The first-order valence-corrected chi connectivity index (χ1v) is 7.23. The van der Waals surface area contributed by atoms with Gasteiger partial charge in [0.25, 0.3) is 0 Å². The van der Waals surface area contributed by atoms with Gasteiger partial charge in [0, 0.05) is 6.42 Å². The molecular weight excluding hydrogens is 256 g/mol. The Morgan fingerprint density at radius 3 is 2.85 bits per heavy atom. The average Bonchev–Trinajstić information content (AvgIpc) is 2.48. The zero-order chi connectivity index (χ0) is 14.4. The average molecular weight is 278 g/mol. The summed E-state index contributed by atoms with van der Waals surface area (Å²) >= 11 is 0. The highest BCUT2D eigenvalue weighted by atomic mass is 16.7. The quantitative estimate of drug-likeness (QED) is 0.776. The highest BCUT2D eigenvalue weighted by molar-refractivity contribution is 5.89. The van der Waals surface area contributed by atoms with Crippen LogP contribution in [0.25, 0.3) is 0 Å². The monoisotopic (exact) mass is 278 g/mol. The fourth-order valence-corrected chi connectivity index (χ4v) is 2.24. The number of benzene rings is 1. The standard InChI is InChI=1S/C16H22O4/c1-3-7-15-18-11-10-14(20-15)12(2)19-16(17)13-8-5-4-6-9-13/h4-6,8-9,12,14-15H,3,7,10-11H2,1-2H3. The lowest BCUT2D eigenvalue weighted by atomic mass is 10.1. The molecular formula is C16H22O4. The third-order valence-electron chi connectivity index (χ3n) is 3.38. The van der Waals surface area contributed by atoms with Crippen molar-refractivity contribution in [1.82, 2.24) is 0 Å². The van der Waals surface area contributed by atoms with Crippen molar-refractivity contribution in [3.8, 4) is 0 Å². The highest BCUT2D eigenvalue weighted by Gasteiger charge is 2.29. The summed E-state index contributed by atoms with van der Waals surface area (Å²) in [4.78, 5) is 12.0. The first-order valence-electron chi connectivity index (χ1n) is 7.23. The molecule has 0 spiro atoms. The maximum Gasteiger partial charge on any atom is 0.338 e. The van der Waals surface area contributed by atoms with Gasteiger partial charge in [-0.2, -0.15) is 0 Å². The normalized spacial score (nSPS) is 24.1. The van der Waals surface area contributed by atoms with Crippen molar-refractivity contribution >= 4 is 5.97 Å². The molecule has 1 aromatic rings. The molecule has 2 rings (SSSR count). The van der Waals surface area contributed by atoms with E-state index in [4.69, 9.17) is 14.2 Å². The van der Waals surface area contributed by atoms with Gasteiger partial charge in [0.15, 0.2) is 6.29 Å². The van der Waals surface area contributed by atoms with Gasteiger partial charge in [-0.05, 0) is 25.5 Å². The lowest BCUT2D eigenvalue weighted by molar-refractivity contribution is -0.232. The van der Waals surface area contributed by atoms with Crippen LogP contribution in [0.15, 0.2) is 30.3 Å². The number of carbonyl (C=O) groups is 1. The van der Waals surface area contributed by atoms with E-state index < -0.39 is 0 Å². The number of hydrogen-bond donors (Lipinski definition) is 0. The Kier molecular flexibility index (Phi) is 5.56. The van der Waals surface area contributed by atoms with Crippen molar-refractivity contribution in [2.24, 2.45) is 0 Å². The summed E-state index contributed by atoms with van der Waals surface area (Å²) in [6.07, 6.45) is 2.10. The number of carbonyl (C=O) groups excluding carboxylic acids is 1. The molecule has 1 aliphatic heterocycles. The van der Waals surface area contributed by atoms with Crippen LogP contribution in [0.5, 0.6) is 0 Å². The molecule has 110 valence electrons. The molecule has 1 fully saturated rings. The highest BCUT2D eigenvalue weighted by Crippen LogP contribution is 2.20. The molecule has 0 aromatic heterocycles. The predicted molar refractivity (Wildman–Crippen MR) is 75.5 cm³/mol. The lowest BCUT2D eigenvalue weighted by Crippen LogP contribution is -2.40. The van der Waals surface area contributed by atoms with E-state index in [-0.39, 0.29) is 24.5 Å². The van der Waals surface area contributed by atoms with Crippen molar-refractivity contribution in [3.63, 3.8) is 0 Å². The van der Waals surface area contributed by atoms with Crippen molar-refractivity contribution in [3.05, 3.63) is 35.9 Å². The molecule has 0 bridgehead atoms. The van der Waals surface area contributed by atoms with Crippen molar-refractivity contribution < 1.29 is 19.0 Å². The van der Waals surface area contributed by atoms with Crippen LogP contribution in [0.1, 0.15) is 43.5 Å². The van der Waals surface area contributed by atoms with Crippen LogP contribution in [-0.2, 0) is 14.2 Å². The van der Waals surface area contributed by atoms with Crippen LogP contribution >= 0.6 is 0 Å². The van der Waals surface area contributed by atoms with E-state index in [0.29, 0.717) is 12.2 Å². The fraction of sp³-hybridized carbons (Fsp3) is 0.562. The van der Waals surface area contributed by atoms with E-state index in [1.807, 2.05) is 25.1 Å². The summed E-state index contributed by atoms with van der Waals surface area (Å²) in [7, 11) is 0. The smallest absolute Gasteiger partial charge is 0.338 e. The van der Waals surface area contributed by atoms with Crippen molar-refractivity contribution in [2.45, 2.75) is 51.6 Å². The van der Waals surface area contributed by atoms with Gasteiger partial charge in [-0.1, -0.05) is 31.5 Å². The second-order valence-corrected chi connectivity index (χ2v) is 5.03. The Hall–Kier alpha value is -1.39. The Morgan fingerprint density at radius 1 is 1.40 bits per heavy atom. The largest absolute Gasteiger partial charge is 0.456 e. The minimum Gasteiger partial charge on any atom is -0.456 e. The molecule has 0 aliphatic carbocycles. The summed E-state index contributed by atoms with van der Waals surface area (Å²) < 4.78 is 16.8. The summed E-state index contributed by atoms with van der Waals surface area (Å²) in [5.74, 6) is -0.305. The van der Waals surface area contributed by atoms with Crippen LogP contribution < -0.4 is 0 Å². The second-order valence-electron chi connectivity index (χ2n) is 5.03. The minimum atomic E-state index is -0.305. The first-order chi connectivity index (χ1) is 9.70. The minimum absolute atomic E-state index is 0.0898. The Bertz CT molecular complexity index is 416. The third-order valence-corrected chi connectivity index (χ3v) is 3.38. The van der Waals surface area contributed by atoms with Gasteiger partial charge in [0.05, 0.1) is 18.3 Å². The number of ether oxygens (including phenoxy) is 3. The van der Waals surface area contributed by atoms with Gasteiger partial charge >= 0.3 is 5.97 Å². The van der Waals surface area contributed by atoms with E-state index in [9.17, 15) is 4.79 Å².